The fraction of sp³-hybridized carbons (Fsp3) is 0.826. The van der Waals surface area contributed by atoms with Gasteiger partial charge in [0, 0.05) is 5.92 Å². The number of allylic oxidation sites excluding steroid dienone is 3. The Kier molecular flexibility index (Phi) is 7.36. The van der Waals surface area contributed by atoms with Crippen LogP contribution in [0, 0.1) is 11.8 Å². The predicted molar refractivity (Wildman–Crippen MR) is 106 cm³/mol. The number of rotatable bonds is 12. The van der Waals surface area contributed by atoms with Crippen molar-refractivity contribution in [3.8, 4) is 0 Å². The van der Waals surface area contributed by atoms with Crippen molar-refractivity contribution in [3.63, 3.8) is 0 Å². The molecule has 3 heterocycles. The smallest absolute Gasteiger partial charge is 0.113 e. The number of epoxide rings is 1. The molecule has 0 aromatic carbocycles. The highest BCUT2D eigenvalue weighted by Gasteiger charge is 2.68. The molecule has 0 N–H and O–H groups in total. The van der Waals surface area contributed by atoms with Crippen LogP contribution in [-0.4, -0.2) is 37.6 Å². The lowest BCUT2D eigenvalue weighted by Crippen LogP contribution is -2.35. The second-order valence-electron chi connectivity index (χ2n) is 8.49. The molecule has 0 saturated carbocycles. The first kappa shape index (κ1) is 20.1. The highest BCUT2D eigenvalue weighted by atomic mass is 16.7. The third kappa shape index (κ3) is 4.61. The maximum Gasteiger partial charge on any atom is 0.113 e. The quantitative estimate of drug-likeness (QED) is 0.263. The standard InChI is InChI=1S/C23H38O3/c1-5-7-9-10-11-13-18-19(21-23-22(26-23)20(18)25-21)15-24-14-17(4)16(3)12-8-6-2/h10-11,18-23H,5-9,12-15H2,1-4H3/t18-,19+,20+,21-,22-,23+/m1/s1. The first-order valence-corrected chi connectivity index (χ1v) is 10.9. The van der Waals surface area contributed by atoms with Crippen molar-refractivity contribution in [1.82, 2.24) is 0 Å². The molecular weight excluding hydrogens is 324 g/mol. The molecule has 3 rings (SSSR count). The molecule has 148 valence electrons. The van der Waals surface area contributed by atoms with Crippen molar-refractivity contribution in [2.45, 2.75) is 97.1 Å². The van der Waals surface area contributed by atoms with E-state index in [2.05, 4.69) is 39.8 Å². The van der Waals surface area contributed by atoms with Gasteiger partial charge in [-0.2, -0.15) is 0 Å². The largest absolute Gasteiger partial charge is 0.377 e. The van der Waals surface area contributed by atoms with Gasteiger partial charge in [0.2, 0.25) is 0 Å². The second kappa shape index (κ2) is 9.52. The second-order valence-corrected chi connectivity index (χ2v) is 8.49. The summed E-state index contributed by atoms with van der Waals surface area (Å²) in [5, 5.41) is 0. The van der Waals surface area contributed by atoms with Gasteiger partial charge < -0.3 is 14.2 Å². The molecule has 0 spiro atoms. The summed E-state index contributed by atoms with van der Waals surface area (Å²) < 4.78 is 18.2. The van der Waals surface area contributed by atoms with Gasteiger partial charge in [0.1, 0.15) is 12.2 Å². The summed E-state index contributed by atoms with van der Waals surface area (Å²) in [6.45, 7) is 10.5. The lowest BCUT2D eigenvalue weighted by Gasteiger charge is -2.25. The number of hydrogen-bond donors (Lipinski definition) is 0. The molecule has 3 saturated heterocycles. The van der Waals surface area contributed by atoms with Crippen molar-refractivity contribution in [3.05, 3.63) is 23.3 Å². The summed E-state index contributed by atoms with van der Waals surface area (Å²) in [5.41, 5.74) is 2.90. The molecule has 3 aliphatic heterocycles. The third-order valence-corrected chi connectivity index (χ3v) is 6.48. The maximum atomic E-state index is 6.24. The Hall–Kier alpha value is -0.640. The minimum atomic E-state index is 0.268. The van der Waals surface area contributed by atoms with Gasteiger partial charge in [-0.3, -0.25) is 0 Å². The summed E-state index contributed by atoms with van der Waals surface area (Å²) in [4.78, 5) is 0. The number of fused-ring (bicyclic) bond motifs is 5. The predicted octanol–water partition coefficient (Wildman–Crippen LogP) is 5.45. The van der Waals surface area contributed by atoms with E-state index < -0.39 is 0 Å². The fourth-order valence-electron chi connectivity index (χ4n) is 4.52. The highest BCUT2D eigenvalue weighted by molar-refractivity contribution is 5.16. The number of unbranched alkanes of at least 4 members (excludes halogenated alkanes) is 3. The summed E-state index contributed by atoms with van der Waals surface area (Å²) >= 11 is 0. The van der Waals surface area contributed by atoms with Gasteiger partial charge in [-0.25, -0.2) is 0 Å². The van der Waals surface area contributed by atoms with Crippen molar-refractivity contribution in [2.24, 2.45) is 11.8 Å². The van der Waals surface area contributed by atoms with Crippen LogP contribution in [0.15, 0.2) is 23.3 Å². The topological polar surface area (TPSA) is 31.0 Å². The zero-order valence-electron chi connectivity index (χ0n) is 17.2. The molecule has 6 atom stereocenters. The van der Waals surface area contributed by atoms with Gasteiger partial charge in [-0.05, 0) is 51.0 Å². The Balaban J connectivity index is 1.48. The van der Waals surface area contributed by atoms with E-state index in [0.717, 1.165) is 19.6 Å². The van der Waals surface area contributed by atoms with Crippen LogP contribution in [0.1, 0.15) is 72.6 Å². The van der Waals surface area contributed by atoms with E-state index >= 15 is 0 Å². The summed E-state index contributed by atoms with van der Waals surface area (Å²) in [6, 6.07) is 0. The van der Waals surface area contributed by atoms with E-state index in [1.54, 1.807) is 0 Å². The molecule has 0 aromatic rings. The molecule has 0 radical (unpaired) electrons. The lowest BCUT2D eigenvalue weighted by molar-refractivity contribution is -0.00146. The average molecular weight is 363 g/mol. The lowest BCUT2D eigenvalue weighted by atomic mass is 9.78. The SMILES string of the molecule is CCCCC=CC[C@@H]1[C@H](COCC(C)=C(C)CCCC)[C@H]2O[C@@H]1[C@H]1O[C@H]12. The van der Waals surface area contributed by atoms with Gasteiger partial charge >= 0.3 is 0 Å². The number of hydrogen-bond acceptors (Lipinski definition) is 3. The first-order valence-electron chi connectivity index (χ1n) is 10.9. The number of ether oxygens (including phenoxy) is 3. The van der Waals surface area contributed by atoms with Crippen molar-refractivity contribution in [2.75, 3.05) is 13.2 Å². The van der Waals surface area contributed by atoms with E-state index in [9.17, 15) is 0 Å². The minimum Gasteiger partial charge on any atom is -0.377 e. The minimum absolute atomic E-state index is 0.268. The maximum absolute atomic E-state index is 6.24. The Labute approximate surface area is 160 Å². The molecule has 0 unspecified atom stereocenters. The van der Waals surface area contributed by atoms with E-state index in [1.807, 2.05) is 0 Å². The summed E-state index contributed by atoms with van der Waals surface area (Å²) in [5.74, 6) is 1.05. The molecule has 0 amide bonds. The van der Waals surface area contributed by atoms with Crippen molar-refractivity contribution >= 4 is 0 Å². The van der Waals surface area contributed by atoms with Crippen LogP contribution in [0.5, 0.6) is 0 Å². The zero-order chi connectivity index (χ0) is 18.5. The highest BCUT2D eigenvalue weighted by Crippen LogP contribution is 2.54. The molecule has 0 aromatic heterocycles. The van der Waals surface area contributed by atoms with Crippen LogP contribution < -0.4 is 0 Å². The fourth-order valence-corrected chi connectivity index (χ4v) is 4.52. The third-order valence-electron chi connectivity index (χ3n) is 6.48. The van der Waals surface area contributed by atoms with Gasteiger partial charge in [0.25, 0.3) is 0 Å². The van der Waals surface area contributed by atoms with E-state index in [1.165, 1.54) is 49.7 Å². The van der Waals surface area contributed by atoms with Crippen molar-refractivity contribution in [1.29, 1.82) is 0 Å². The Bertz CT molecular complexity index is 510. The molecule has 3 aliphatic rings. The van der Waals surface area contributed by atoms with Gasteiger partial charge in [-0.1, -0.05) is 50.8 Å². The van der Waals surface area contributed by atoms with Crippen LogP contribution in [-0.2, 0) is 14.2 Å². The zero-order valence-corrected chi connectivity index (χ0v) is 17.2. The summed E-state index contributed by atoms with van der Waals surface area (Å²) in [6.07, 6.45) is 14.6. The van der Waals surface area contributed by atoms with Gasteiger partial charge in [0.05, 0.1) is 25.4 Å². The van der Waals surface area contributed by atoms with E-state index in [4.69, 9.17) is 14.2 Å². The van der Waals surface area contributed by atoms with Crippen LogP contribution in [0.25, 0.3) is 0 Å². The molecule has 26 heavy (non-hydrogen) atoms. The van der Waals surface area contributed by atoms with Crippen LogP contribution in [0.3, 0.4) is 0 Å². The monoisotopic (exact) mass is 362 g/mol. The van der Waals surface area contributed by atoms with Crippen LogP contribution in [0.2, 0.25) is 0 Å². The Morgan fingerprint density at radius 2 is 1.54 bits per heavy atom. The van der Waals surface area contributed by atoms with E-state index in [-0.39, 0.29) is 6.10 Å². The molecule has 3 heteroatoms. The average Bonchev–Trinajstić information content (AvgIpc) is 3.27. The van der Waals surface area contributed by atoms with Crippen LogP contribution >= 0.6 is 0 Å². The van der Waals surface area contributed by atoms with E-state index in [0.29, 0.717) is 30.1 Å². The molecule has 3 nitrogen and oxygen atoms in total. The van der Waals surface area contributed by atoms with Gasteiger partial charge in [-0.15, -0.1) is 0 Å². The Morgan fingerprint density at radius 1 is 0.846 bits per heavy atom. The summed E-state index contributed by atoms with van der Waals surface area (Å²) in [7, 11) is 0. The van der Waals surface area contributed by atoms with Crippen molar-refractivity contribution < 1.29 is 14.2 Å². The molecule has 0 aliphatic carbocycles. The molecule has 2 bridgehead atoms. The Morgan fingerprint density at radius 3 is 2.27 bits per heavy atom. The first-order chi connectivity index (χ1) is 12.7. The van der Waals surface area contributed by atoms with Gasteiger partial charge in [0.15, 0.2) is 0 Å². The molecular formula is C23H38O3. The normalized spacial score (nSPS) is 35.8. The van der Waals surface area contributed by atoms with Crippen LogP contribution in [0.4, 0.5) is 0 Å². The molecule has 3 fully saturated rings.